The van der Waals surface area contributed by atoms with Gasteiger partial charge in [-0.3, -0.25) is 9.59 Å². The molecule has 3 aromatic carbocycles. The number of carbonyl (C=O) groups excluding carboxylic acids is 3. The topological polar surface area (TPSA) is 94.2 Å². The average Bonchev–Trinajstić information content (AvgIpc) is 2.97. The molecule has 2 amide bonds. The maximum Gasteiger partial charge on any atom is 0.340 e. The number of ether oxygens (including phenoxy) is 3. The molecule has 1 heterocycles. The van der Waals surface area contributed by atoms with Crippen molar-refractivity contribution < 1.29 is 28.6 Å². The Morgan fingerprint density at radius 1 is 0.949 bits per heavy atom. The molecule has 0 aliphatic carbocycles. The predicted molar refractivity (Wildman–Crippen MR) is 147 cm³/mol. The third-order valence-electron chi connectivity index (χ3n) is 6.39. The molecule has 1 saturated heterocycles. The van der Waals surface area contributed by atoms with E-state index < -0.39 is 18.1 Å². The Labute approximate surface area is 232 Å². The van der Waals surface area contributed by atoms with Crippen molar-refractivity contribution in [2.24, 2.45) is 0 Å². The van der Waals surface area contributed by atoms with E-state index in [1.54, 1.807) is 11.0 Å². The summed E-state index contributed by atoms with van der Waals surface area (Å²) in [5.41, 5.74) is 2.36. The number of esters is 1. The minimum absolute atomic E-state index is 0.120. The molecule has 1 unspecified atom stereocenters. The summed E-state index contributed by atoms with van der Waals surface area (Å²) in [4.78, 5) is 39.3. The molecule has 0 saturated carbocycles. The number of benzene rings is 3. The summed E-state index contributed by atoms with van der Waals surface area (Å²) in [5.74, 6) is -1.41. The lowest BCUT2D eigenvalue weighted by atomic mass is 10.0. The molecule has 1 fully saturated rings. The van der Waals surface area contributed by atoms with Gasteiger partial charge < -0.3 is 24.4 Å². The molecule has 1 N–H and O–H groups in total. The summed E-state index contributed by atoms with van der Waals surface area (Å²) in [7, 11) is 1.24. The minimum atomic E-state index is -0.635. The van der Waals surface area contributed by atoms with Gasteiger partial charge in [-0.15, -0.1) is 0 Å². The predicted octanol–water partition coefficient (Wildman–Crippen LogP) is 5.23. The van der Waals surface area contributed by atoms with E-state index in [-0.39, 0.29) is 36.5 Å². The number of methoxy groups -OCH3 is 1. The van der Waals surface area contributed by atoms with E-state index in [2.05, 4.69) is 5.32 Å². The first kappa shape index (κ1) is 28.3. The van der Waals surface area contributed by atoms with Crippen molar-refractivity contribution in [3.8, 4) is 0 Å². The molecule has 1 atom stereocenters. The van der Waals surface area contributed by atoms with Gasteiger partial charge in [-0.25, -0.2) is 4.79 Å². The summed E-state index contributed by atoms with van der Waals surface area (Å²) in [6, 6.07) is 24.3. The molecule has 0 aromatic heterocycles. The Bertz CT molecular complexity index is 1230. The number of nitrogens with one attached hydrogen (secondary N) is 1. The Morgan fingerprint density at radius 3 is 2.26 bits per heavy atom. The van der Waals surface area contributed by atoms with Crippen LogP contribution in [0.15, 0.2) is 78.9 Å². The van der Waals surface area contributed by atoms with Crippen LogP contribution in [0.25, 0.3) is 0 Å². The first-order chi connectivity index (χ1) is 19.0. The molecule has 204 valence electrons. The molecular weight excluding hydrogens is 520 g/mol. The van der Waals surface area contributed by atoms with Crippen molar-refractivity contribution >= 4 is 35.1 Å². The Balaban J connectivity index is 1.37. The average molecular weight is 551 g/mol. The van der Waals surface area contributed by atoms with Gasteiger partial charge in [0.2, 0.25) is 5.91 Å². The number of amides is 2. The third kappa shape index (κ3) is 7.66. The lowest BCUT2D eigenvalue weighted by Gasteiger charge is -2.37. The second-order valence-electron chi connectivity index (χ2n) is 9.10. The lowest BCUT2D eigenvalue weighted by Crippen LogP contribution is -2.47. The second-order valence-corrected chi connectivity index (χ2v) is 9.53. The van der Waals surface area contributed by atoms with Gasteiger partial charge in [0.1, 0.15) is 25.5 Å². The zero-order chi connectivity index (χ0) is 27.6. The number of likely N-dealkylation sites (tertiary alicyclic amines) is 1. The van der Waals surface area contributed by atoms with E-state index in [1.807, 2.05) is 60.7 Å². The Morgan fingerprint density at radius 2 is 1.62 bits per heavy atom. The fourth-order valence-corrected chi connectivity index (χ4v) is 4.67. The second kappa shape index (κ2) is 13.9. The summed E-state index contributed by atoms with van der Waals surface area (Å²) in [6.45, 7) is -0.104. The summed E-state index contributed by atoms with van der Waals surface area (Å²) in [6.07, 6.45) is 1.75. The third-order valence-corrected chi connectivity index (χ3v) is 6.62. The molecule has 4 rings (SSSR count). The number of nitrogens with zero attached hydrogens (tertiary/aromatic N) is 1. The lowest BCUT2D eigenvalue weighted by molar-refractivity contribution is -0.160. The van der Waals surface area contributed by atoms with Crippen molar-refractivity contribution in [1.29, 1.82) is 0 Å². The van der Waals surface area contributed by atoms with Crippen LogP contribution in [0.5, 0.6) is 0 Å². The van der Waals surface area contributed by atoms with Crippen molar-refractivity contribution in [3.63, 3.8) is 0 Å². The van der Waals surface area contributed by atoms with Crippen LogP contribution in [0.3, 0.4) is 0 Å². The highest BCUT2D eigenvalue weighted by Gasteiger charge is 2.31. The molecule has 39 heavy (non-hydrogen) atoms. The molecule has 9 heteroatoms. The van der Waals surface area contributed by atoms with Gasteiger partial charge in [0.15, 0.2) is 0 Å². The highest BCUT2D eigenvalue weighted by molar-refractivity contribution is 6.31. The van der Waals surface area contributed by atoms with Crippen molar-refractivity contribution in [1.82, 2.24) is 4.90 Å². The van der Waals surface area contributed by atoms with E-state index >= 15 is 0 Å². The number of hydrogen-bond donors (Lipinski definition) is 1. The van der Waals surface area contributed by atoms with E-state index in [1.165, 1.54) is 19.2 Å². The highest BCUT2D eigenvalue weighted by Crippen LogP contribution is 2.31. The van der Waals surface area contributed by atoms with Crippen LogP contribution in [0.1, 0.15) is 46.9 Å². The SMILES string of the molecule is COC(=O)c1cc(Cl)ccc1NC(=O)COCC(=O)N1CCCCC1OC(c1ccccc1)c1ccccc1. The number of piperidine rings is 1. The minimum Gasteiger partial charge on any atom is -0.465 e. The van der Waals surface area contributed by atoms with Crippen LogP contribution in [0, 0.1) is 0 Å². The fraction of sp³-hybridized carbons (Fsp3) is 0.300. The number of halogens is 1. The molecule has 0 radical (unpaired) electrons. The van der Waals surface area contributed by atoms with Gasteiger partial charge in [-0.05, 0) is 48.6 Å². The summed E-state index contributed by atoms with van der Waals surface area (Å²) < 4.78 is 16.8. The van der Waals surface area contributed by atoms with Crippen LogP contribution in [0.4, 0.5) is 5.69 Å². The molecule has 8 nitrogen and oxygen atoms in total. The molecular formula is C30H31ClN2O6. The molecule has 3 aromatic rings. The zero-order valence-electron chi connectivity index (χ0n) is 21.7. The van der Waals surface area contributed by atoms with Crippen molar-refractivity contribution in [2.75, 3.05) is 32.2 Å². The zero-order valence-corrected chi connectivity index (χ0v) is 22.4. The van der Waals surface area contributed by atoms with Crippen LogP contribution in [0.2, 0.25) is 5.02 Å². The van der Waals surface area contributed by atoms with Gasteiger partial charge in [0, 0.05) is 11.6 Å². The van der Waals surface area contributed by atoms with Crippen LogP contribution < -0.4 is 5.32 Å². The Hall–Kier alpha value is -3.72. The van der Waals surface area contributed by atoms with Gasteiger partial charge in [0.25, 0.3) is 5.91 Å². The van der Waals surface area contributed by atoms with E-state index in [9.17, 15) is 14.4 Å². The van der Waals surface area contributed by atoms with Crippen LogP contribution >= 0.6 is 11.6 Å². The van der Waals surface area contributed by atoms with Gasteiger partial charge in [-0.2, -0.15) is 0 Å². The number of rotatable bonds is 10. The summed E-state index contributed by atoms with van der Waals surface area (Å²) in [5, 5.41) is 2.93. The van der Waals surface area contributed by atoms with Crippen molar-refractivity contribution in [2.45, 2.75) is 31.6 Å². The Kier molecular flexibility index (Phi) is 10.1. The van der Waals surface area contributed by atoms with E-state index in [4.69, 9.17) is 25.8 Å². The monoisotopic (exact) mass is 550 g/mol. The maximum absolute atomic E-state index is 13.1. The van der Waals surface area contributed by atoms with Crippen LogP contribution in [-0.2, 0) is 23.8 Å². The van der Waals surface area contributed by atoms with E-state index in [0.29, 0.717) is 18.0 Å². The van der Waals surface area contributed by atoms with Crippen molar-refractivity contribution in [3.05, 3.63) is 101 Å². The molecule has 0 bridgehead atoms. The smallest absolute Gasteiger partial charge is 0.340 e. The first-order valence-electron chi connectivity index (χ1n) is 12.8. The number of anilines is 1. The largest absolute Gasteiger partial charge is 0.465 e. The fourth-order valence-electron chi connectivity index (χ4n) is 4.49. The van der Waals surface area contributed by atoms with Gasteiger partial charge in [0.05, 0.1) is 18.4 Å². The summed E-state index contributed by atoms with van der Waals surface area (Å²) >= 11 is 5.96. The normalized spacial score (nSPS) is 15.2. The highest BCUT2D eigenvalue weighted by atomic mass is 35.5. The van der Waals surface area contributed by atoms with Gasteiger partial charge >= 0.3 is 5.97 Å². The maximum atomic E-state index is 13.1. The molecule has 1 aliphatic heterocycles. The first-order valence-corrected chi connectivity index (χ1v) is 13.1. The van der Waals surface area contributed by atoms with E-state index in [0.717, 1.165) is 24.0 Å². The molecule has 0 spiro atoms. The number of carbonyl (C=O) groups is 3. The quantitative estimate of drug-likeness (QED) is 0.348. The standard InChI is InChI=1S/C30H31ClN2O6/c1-37-30(36)24-18-23(31)15-16-25(24)32-26(34)19-38-20-27(35)33-17-9-8-14-28(33)39-29(21-10-4-2-5-11-21)22-12-6-3-7-13-22/h2-7,10-13,15-16,18,28-29H,8-9,14,17,19-20H2,1H3,(H,32,34). The van der Waals surface area contributed by atoms with Gasteiger partial charge in [-0.1, -0.05) is 72.3 Å². The molecule has 1 aliphatic rings. The van der Waals surface area contributed by atoms with Crippen LogP contribution in [-0.4, -0.2) is 55.8 Å². The number of hydrogen-bond acceptors (Lipinski definition) is 6.